The second-order valence-electron chi connectivity index (χ2n) is 1.31. The van der Waals surface area contributed by atoms with Crippen LogP contribution in [0.3, 0.4) is 0 Å². The van der Waals surface area contributed by atoms with Crippen molar-refractivity contribution >= 4 is 45.5 Å². The van der Waals surface area contributed by atoms with Crippen LogP contribution in [0.2, 0.25) is 5.15 Å². The average Bonchev–Trinajstić information content (AvgIpc) is 1.85. The third kappa shape index (κ3) is 1.33. The molecule has 1 heterocycles. The Balaban J connectivity index is 3.14. The summed E-state index contributed by atoms with van der Waals surface area (Å²) < 4.78 is 1.00. The molecular formula is C4H3ClINS. The first-order valence-corrected chi connectivity index (χ1v) is 4.26. The Bertz CT molecular complexity index is 178. The third-order valence-electron chi connectivity index (χ3n) is 0.714. The van der Waals surface area contributed by atoms with E-state index in [0.29, 0.717) is 5.15 Å². The van der Waals surface area contributed by atoms with Gasteiger partial charge < -0.3 is 0 Å². The summed E-state index contributed by atoms with van der Waals surface area (Å²) in [6, 6.07) is 0. The molecule has 1 aromatic heterocycles. The van der Waals surface area contributed by atoms with Gasteiger partial charge in [0.15, 0.2) is 3.01 Å². The van der Waals surface area contributed by atoms with Gasteiger partial charge >= 0.3 is 0 Å². The van der Waals surface area contributed by atoms with Crippen molar-refractivity contribution in [1.82, 2.24) is 4.98 Å². The van der Waals surface area contributed by atoms with Gasteiger partial charge in [-0.25, -0.2) is 4.98 Å². The van der Waals surface area contributed by atoms with Gasteiger partial charge in [-0.3, -0.25) is 0 Å². The molecule has 4 heteroatoms. The number of nitrogens with zero attached hydrogens (tertiary/aromatic N) is 1. The standard InChI is InChI=1S/C4H3ClINS/c1-2-3(5)7-4(6)8-2/h1H3. The van der Waals surface area contributed by atoms with E-state index in [2.05, 4.69) is 27.6 Å². The van der Waals surface area contributed by atoms with E-state index in [1.54, 1.807) is 11.3 Å². The molecule has 0 amide bonds. The summed E-state index contributed by atoms with van der Waals surface area (Å²) in [6.45, 7) is 1.96. The summed E-state index contributed by atoms with van der Waals surface area (Å²) in [4.78, 5) is 5.07. The fourth-order valence-electron chi connectivity index (χ4n) is 0.347. The van der Waals surface area contributed by atoms with Gasteiger partial charge in [0.2, 0.25) is 0 Å². The normalized spacial score (nSPS) is 9.88. The highest BCUT2D eigenvalue weighted by Gasteiger charge is 1.99. The molecule has 0 spiro atoms. The van der Waals surface area contributed by atoms with Crippen LogP contribution in [0, 0.1) is 9.94 Å². The van der Waals surface area contributed by atoms with Crippen molar-refractivity contribution in [2.24, 2.45) is 0 Å². The van der Waals surface area contributed by atoms with Gasteiger partial charge in [-0.15, -0.1) is 11.3 Å². The lowest BCUT2D eigenvalue weighted by Crippen LogP contribution is -1.63. The van der Waals surface area contributed by atoms with Gasteiger partial charge in [-0.1, -0.05) is 11.6 Å². The van der Waals surface area contributed by atoms with E-state index in [1.807, 2.05) is 6.92 Å². The van der Waals surface area contributed by atoms with Crippen LogP contribution in [-0.2, 0) is 0 Å². The van der Waals surface area contributed by atoms with Gasteiger partial charge in [-0.05, 0) is 29.5 Å². The SMILES string of the molecule is Cc1sc(I)nc1Cl. The van der Waals surface area contributed by atoms with Crippen LogP contribution < -0.4 is 0 Å². The number of hydrogen-bond donors (Lipinski definition) is 0. The lowest BCUT2D eigenvalue weighted by Gasteiger charge is -1.74. The zero-order valence-corrected chi connectivity index (χ0v) is 7.84. The van der Waals surface area contributed by atoms with Crippen LogP contribution in [0.4, 0.5) is 0 Å². The largest absolute Gasteiger partial charge is 0.218 e. The van der Waals surface area contributed by atoms with E-state index >= 15 is 0 Å². The predicted octanol–water partition coefficient (Wildman–Crippen LogP) is 2.71. The fourth-order valence-corrected chi connectivity index (χ4v) is 2.49. The number of rotatable bonds is 0. The molecule has 0 unspecified atom stereocenters. The molecule has 0 saturated heterocycles. The fraction of sp³-hybridized carbons (Fsp3) is 0.250. The molecule has 0 fully saturated rings. The van der Waals surface area contributed by atoms with Crippen LogP contribution >= 0.6 is 45.5 Å². The first kappa shape index (κ1) is 6.77. The first-order valence-electron chi connectivity index (χ1n) is 1.98. The highest BCUT2D eigenvalue weighted by Crippen LogP contribution is 2.22. The number of aryl methyl sites for hydroxylation is 1. The Hall–Kier alpha value is 0.650. The van der Waals surface area contributed by atoms with Crippen molar-refractivity contribution in [2.45, 2.75) is 6.92 Å². The maximum absolute atomic E-state index is 5.62. The Kier molecular flexibility index (Phi) is 2.11. The van der Waals surface area contributed by atoms with Gasteiger partial charge in [0.25, 0.3) is 0 Å². The number of thiazole rings is 1. The smallest absolute Gasteiger partial charge is 0.155 e. The molecule has 44 valence electrons. The van der Waals surface area contributed by atoms with Crippen molar-refractivity contribution < 1.29 is 0 Å². The number of aromatic nitrogens is 1. The Morgan fingerprint density at radius 1 is 1.75 bits per heavy atom. The van der Waals surface area contributed by atoms with Crippen LogP contribution in [0.15, 0.2) is 0 Å². The van der Waals surface area contributed by atoms with Gasteiger partial charge in [-0.2, -0.15) is 0 Å². The molecule has 0 atom stereocenters. The summed E-state index contributed by atoms with van der Waals surface area (Å²) in [6.07, 6.45) is 0. The van der Waals surface area contributed by atoms with E-state index < -0.39 is 0 Å². The van der Waals surface area contributed by atoms with Crippen molar-refractivity contribution in [2.75, 3.05) is 0 Å². The molecule has 0 saturated carbocycles. The van der Waals surface area contributed by atoms with Crippen molar-refractivity contribution in [3.05, 3.63) is 13.0 Å². The highest BCUT2D eigenvalue weighted by molar-refractivity contribution is 14.1. The molecule has 1 aromatic rings. The monoisotopic (exact) mass is 259 g/mol. The lowest BCUT2D eigenvalue weighted by molar-refractivity contribution is 1.35. The molecule has 1 nitrogen and oxygen atoms in total. The number of halogens is 2. The molecular weight excluding hydrogens is 256 g/mol. The Morgan fingerprint density at radius 3 is 2.50 bits per heavy atom. The maximum atomic E-state index is 5.62. The highest BCUT2D eigenvalue weighted by atomic mass is 127. The molecule has 0 radical (unpaired) electrons. The minimum absolute atomic E-state index is 0.638. The predicted molar refractivity (Wildman–Crippen MR) is 44.6 cm³/mol. The first-order chi connectivity index (χ1) is 3.70. The van der Waals surface area contributed by atoms with Crippen LogP contribution in [0.1, 0.15) is 4.88 Å². The van der Waals surface area contributed by atoms with E-state index in [9.17, 15) is 0 Å². The number of hydrogen-bond acceptors (Lipinski definition) is 2. The van der Waals surface area contributed by atoms with E-state index in [1.165, 1.54) is 0 Å². The van der Waals surface area contributed by atoms with Crippen LogP contribution in [-0.4, -0.2) is 4.98 Å². The van der Waals surface area contributed by atoms with Crippen molar-refractivity contribution in [3.63, 3.8) is 0 Å². The zero-order valence-electron chi connectivity index (χ0n) is 4.11. The second kappa shape index (κ2) is 2.49. The molecule has 0 bridgehead atoms. The molecule has 0 aliphatic heterocycles. The third-order valence-corrected chi connectivity index (χ3v) is 2.86. The Morgan fingerprint density at radius 2 is 2.38 bits per heavy atom. The summed E-state index contributed by atoms with van der Waals surface area (Å²) in [5.74, 6) is 0. The van der Waals surface area contributed by atoms with E-state index in [-0.39, 0.29) is 0 Å². The lowest BCUT2D eigenvalue weighted by atomic mass is 10.6. The van der Waals surface area contributed by atoms with E-state index in [0.717, 1.165) is 7.89 Å². The van der Waals surface area contributed by atoms with Crippen LogP contribution in [0.5, 0.6) is 0 Å². The topological polar surface area (TPSA) is 12.9 Å². The van der Waals surface area contributed by atoms with Gasteiger partial charge in [0.1, 0.15) is 5.15 Å². The molecule has 0 aromatic carbocycles. The van der Waals surface area contributed by atoms with Crippen LogP contribution in [0.25, 0.3) is 0 Å². The Labute approximate surface area is 70.2 Å². The molecule has 0 aliphatic rings. The second-order valence-corrected chi connectivity index (χ2v) is 4.63. The molecule has 8 heavy (non-hydrogen) atoms. The van der Waals surface area contributed by atoms with Gasteiger partial charge in [0.05, 0.1) is 0 Å². The summed E-state index contributed by atoms with van der Waals surface area (Å²) in [5, 5.41) is 0.638. The summed E-state index contributed by atoms with van der Waals surface area (Å²) in [5.41, 5.74) is 0. The zero-order chi connectivity index (χ0) is 6.15. The quantitative estimate of drug-likeness (QED) is 0.653. The molecule has 0 N–H and O–H groups in total. The van der Waals surface area contributed by atoms with Gasteiger partial charge in [0, 0.05) is 4.88 Å². The van der Waals surface area contributed by atoms with Crippen molar-refractivity contribution in [3.8, 4) is 0 Å². The molecule has 1 rings (SSSR count). The minimum atomic E-state index is 0.638. The van der Waals surface area contributed by atoms with E-state index in [4.69, 9.17) is 11.6 Å². The maximum Gasteiger partial charge on any atom is 0.155 e. The average molecular weight is 259 g/mol. The summed E-state index contributed by atoms with van der Waals surface area (Å²) >= 11 is 9.39. The van der Waals surface area contributed by atoms with Crippen molar-refractivity contribution in [1.29, 1.82) is 0 Å². The minimum Gasteiger partial charge on any atom is -0.218 e. The molecule has 0 aliphatic carbocycles. The summed E-state index contributed by atoms with van der Waals surface area (Å²) in [7, 11) is 0.